The quantitative estimate of drug-likeness (QED) is 0.857. The van der Waals surface area contributed by atoms with Gasteiger partial charge in [0.1, 0.15) is 5.82 Å². The van der Waals surface area contributed by atoms with Crippen molar-refractivity contribution < 1.29 is 19.1 Å². The maximum atomic E-state index is 13.4. The molecule has 0 radical (unpaired) electrons. The molecule has 0 spiro atoms. The third-order valence-electron chi connectivity index (χ3n) is 4.53. The Morgan fingerprint density at radius 2 is 1.83 bits per heavy atom. The van der Waals surface area contributed by atoms with E-state index in [-0.39, 0.29) is 18.3 Å². The van der Waals surface area contributed by atoms with Crippen molar-refractivity contribution in [2.24, 2.45) is 0 Å². The summed E-state index contributed by atoms with van der Waals surface area (Å²) in [5.74, 6) is -2.41. The fraction of sp³-hybridized carbons (Fsp3) is 0.263. The van der Waals surface area contributed by atoms with Gasteiger partial charge in [-0.15, -0.1) is 0 Å². The van der Waals surface area contributed by atoms with Crippen molar-refractivity contribution in [3.05, 3.63) is 71.5 Å². The molecular formula is C19H18FNO3. The van der Waals surface area contributed by atoms with Crippen LogP contribution in [0.25, 0.3) is 0 Å². The molecule has 1 aliphatic carbocycles. The Bertz CT molecular complexity index is 756. The van der Waals surface area contributed by atoms with Crippen LogP contribution in [0.2, 0.25) is 0 Å². The molecule has 0 saturated heterocycles. The van der Waals surface area contributed by atoms with Crippen LogP contribution < -0.4 is 5.32 Å². The Hall–Kier alpha value is -2.69. The number of halogens is 1. The lowest BCUT2D eigenvalue weighted by Crippen LogP contribution is -2.38. The summed E-state index contributed by atoms with van der Waals surface area (Å²) in [6.07, 6.45) is 1.29. The van der Waals surface area contributed by atoms with Gasteiger partial charge >= 0.3 is 5.97 Å². The van der Waals surface area contributed by atoms with Crippen LogP contribution in [-0.2, 0) is 15.0 Å². The van der Waals surface area contributed by atoms with Crippen molar-refractivity contribution in [2.75, 3.05) is 6.54 Å². The molecule has 5 heteroatoms. The maximum Gasteiger partial charge on any atom is 0.312 e. The lowest BCUT2D eigenvalue weighted by molar-refractivity contribution is -0.138. The van der Waals surface area contributed by atoms with Crippen molar-refractivity contribution in [3.8, 4) is 0 Å². The van der Waals surface area contributed by atoms with E-state index in [1.165, 1.54) is 12.1 Å². The van der Waals surface area contributed by atoms with Gasteiger partial charge in [-0.3, -0.25) is 9.59 Å². The average Bonchev–Trinajstić information content (AvgIpc) is 3.37. The van der Waals surface area contributed by atoms with E-state index in [4.69, 9.17) is 0 Å². The highest BCUT2D eigenvalue weighted by Crippen LogP contribution is 2.48. The third kappa shape index (κ3) is 3.15. The Morgan fingerprint density at radius 3 is 2.42 bits per heavy atom. The number of hydrogen-bond acceptors (Lipinski definition) is 2. The zero-order chi connectivity index (χ0) is 17.2. The van der Waals surface area contributed by atoms with Crippen LogP contribution in [0.15, 0.2) is 54.6 Å². The van der Waals surface area contributed by atoms with E-state index in [0.717, 1.165) is 0 Å². The second-order valence-corrected chi connectivity index (χ2v) is 6.10. The van der Waals surface area contributed by atoms with Gasteiger partial charge in [0, 0.05) is 6.54 Å². The summed E-state index contributed by atoms with van der Waals surface area (Å²) in [5.41, 5.74) is 0.564. The molecule has 0 bridgehead atoms. The molecule has 2 N–H and O–H groups in total. The van der Waals surface area contributed by atoms with E-state index >= 15 is 0 Å². The van der Waals surface area contributed by atoms with Gasteiger partial charge < -0.3 is 10.4 Å². The Labute approximate surface area is 139 Å². The number of carbonyl (C=O) groups is 2. The van der Waals surface area contributed by atoms with Gasteiger partial charge in [0.25, 0.3) is 0 Å². The van der Waals surface area contributed by atoms with Gasteiger partial charge in [0.05, 0.1) is 11.3 Å². The van der Waals surface area contributed by atoms with Crippen LogP contribution in [0.5, 0.6) is 0 Å². The van der Waals surface area contributed by atoms with Crippen LogP contribution in [0.3, 0.4) is 0 Å². The number of carboxylic acid groups (broad SMARTS) is 1. The smallest absolute Gasteiger partial charge is 0.312 e. The molecule has 3 rings (SSSR count). The summed E-state index contributed by atoms with van der Waals surface area (Å²) in [6.45, 7) is 0.00917. The zero-order valence-corrected chi connectivity index (χ0v) is 13.0. The predicted octanol–water partition coefficient (Wildman–Crippen LogP) is 2.84. The summed E-state index contributed by atoms with van der Waals surface area (Å²) < 4.78 is 13.4. The third-order valence-corrected chi connectivity index (χ3v) is 4.53. The van der Waals surface area contributed by atoms with E-state index in [1.54, 1.807) is 36.4 Å². The minimum Gasteiger partial charge on any atom is -0.481 e. The second-order valence-electron chi connectivity index (χ2n) is 6.10. The van der Waals surface area contributed by atoms with Crippen molar-refractivity contribution in [2.45, 2.75) is 24.2 Å². The van der Waals surface area contributed by atoms with Gasteiger partial charge in [-0.2, -0.15) is 0 Å². The minimum atomic E-state index is -0.989. The minimum absolute atomic E-state index is 0.00917. The second kappa shape index (κ2) is 6.43. The van der Waals surface area contributed by atoms with Crippen molar-refractivity contribution in [1.29, 1.82) is 0 Å². The monoisotopic (exact) mass is 327 g/mol. The van der Waals surface area contributed by atoms with E-state index in [2.05, 4.69) is 5.32 Å². The predicted molar refractivity (Wildman–Crippen MR) is 87.1 cm³/mol. The van der Waals surface area contributed by atoms with E-state index in [0.29, 0.717) is 24.0 Å². The summed E-state index contributed by atoms with van der Waals surface area (Å²) in [7, 11) is 0. The fourth-order valence-electron chi connectivity index (χ4n) is 2.96. The molecule has 1 aliphatic rings. The van der Waals surface area contributed by atoms with E-state index < -0.39 is 17.3 Å². The molecule has 0 heterocycles. The molecule has 1 saturated carbocycles. The summed E-state index contributed by atoms with van der Waals surface area (Å²) in [5, 5.41) is 12.2. The first kappa shape index (κ1) is 16.2. The standard InChI is InChI=1S/C19H18FNO3/c20-15-8-4-7-14(11-15)19(9-10-19)18(24)21-12-16(17(22)23)13-5-2-1-3-6-13/h1-8,11,16H,9-10,12H2,(H,21,24)(H,22,23)/t16-/m0/s1. The molecule has 2 aromatic rings. The number of rotatable bonds is 6. The molecule has 2 aromatic carbocycles. The highest BCUT2D eigenvalue weighted by molar-refractivity contribution is 5.91. The molecule has 0 unspecified atom stereocenters. The van der Waals surface area contributed by atoms with Crippen LogP contribution in [0.1, 0.15) is 29.9 Å². The molecule has 0 aromatic heterocycles. The number of benzene rings is 2. The van der Waals surface area contributed by atoms with Crippen molar-refractivity contribution >= 4 is 11.9 Å². The molecule has 4 nitrogen and oxygen atoms in total. The Kier molecular flexibility index (Phi) is 4.34. The number of hydrogen-bond donors (Lipinski definition) is 2. The van der Waals surface area contributed by atoms with Gasteiger partial charge in [0.2, 0.25) is 5.91 Å². The zero-order valence-electron chi connectivity index (χ0n) is 13.0. The number of aliphatic carboxylic acids is 1. The molecule has 24 heavy (non-hydrogen) atoms. The molecule has 1 amide bonds. The Morgan fingerprint density at radius 1 is 1.12 bits per heavy atom. The average molecular weight is 327 g/mol. The van der Waals surface area contributed by atoms with E-state index in [9.17, 15) is 19.1 Å². The SMILES string of the molecule is O=C(O)[C@@H](CNC(=O)C1(c2cccc(F)c2)CC1)c1ccccc1. The molecule has 0 aliphatic heterocycles. The number of carboxylic acids is 1. The van der Waals surface area contributed by atoms with Gasteiger partial charge in [-0.25, -0.2) is 4.39 Å². The fourth-order valence-corrected chi connectivity index (χ4v) is 2.96. The summed E-state index contributed by atoms with van der Waals surface area (Å²) in [4.78, 5) is 24.1. The van der Waals surface area contributed by atoms with Gasteiger partial charge in [-0.1, -0.05) is 42.5 Å². The van der Waals surface area contributed by atoms with Crippen LogP contribution in [0, 0.1) is 5.82 Å². The van der Waals surface area contributed by atoms with Crippen molar-refractivity contribution in [3.63, 3.8) is 0 Å². The number of amides is 1. The topological polar surface area (TPSA) is 66.4 Å². The highest BCUT2D eigenvalue weighted by atomic mass is 19.1. The van der Waals surface area contributed by atoms with Gasteiger partial charge in [-0.05, 0) is 36.1 Å². The Balaban J connectivity index is 1.72. The molecular weight excluding hydrogens is 309 g/mol. The maximum absolute atomic E-state index is 13.4. The van der Waals surface area contributed by atoms with Gasteiger partial charge in [0.15, 0.2) is 0 Å². The lowest BCUT2D eigenvalue weighted by atomic mass is 9.94. The van der Waals surface area contributed by atoms with Crippen molar-refractivity contribution in [1.82, 2.24) is 5.32 Å². The summed E-state index contributed by atoms with van der Waals surface area (Å²) in [6, 6.07) is 14.8. The molecule has 124 valence electrons. The molecule has 1 fully saturated rings. The highest BCUT2D eigenvalue weighted by Gasteiger charge is 2.51. The van der Waals surface area contributed by atoms with Crippen LogP contribution in [0.4, 0.5) is 4.39 Å². The lowest BCUT2D eigenvalue weighted by Gasteiger charge is -2.19. The first-order chi connectivity index (χ1) is 11.5. The number of carbonyl (C=O) groups excluding carboxylic acids is 1. The van der Waals surface area contributed by atoms with Crippen LogP contribution in [-0.4, -0.2) is 23.5 Å². The molecule has 1 atom stereocenters. The summed E-state index contributed by atoms with van der Waals surface area (Å²) >= 11 is 0. The number of nitrogens with one attached hydrogen (secondary N) is 1. The van der Waals surface area contributed by atoms with E-state index in [1.807, 2.05) is 6.07 Å². The largest absolute Gasteiger partial charge is 0.481 e. The normalized spacial score (nSPS) is 16.2. The first-order valence-corrected chi connectivity index (χ1v) is 7.85. The first-order valence-electron chi connectivity index (χ1n) is 7.85. The van der Waals surface area contributed by atoms with Crippen LogP contribution >= 0.6 is 0 Å².